The molecule has 0 heterocycles. The molecule has 0 amide bonds. The van der Waals surface area contributed by atoms with Gasteiger partial charge >= 0.3 is 0 Å². The van der Waals surface area contributed by atoms with E-state index in [0.717, 1.165) is 29.6 Å². The summed E-state index contributed by atoms with van der Waals surface area (Å²) in [5.74, 6) is 5.04. The Bertz CT molecular complexity index is 276. The highest BCUT2D eigenvalue weighted by atomic mass is 15.1. The largest absolute Gasteiger partial charge is 0.293 e. The quantitative estimate of drug-likeness (QED) is 0.681. The monoisotopic (exact) mass is 218 g/mol. The lowest BCUT2D eigenvalue weighted by Gasteiger charge is -2.55. The molecule has 0 aromatic carbocycles. The lowest BCUT2D eigenvalue weighted by Crippen LogP contribution is -2.48. The van der Waals surface area contributed by atoms with Crippen LogP contribution in [0.5, 0.6) is 0 Å². The fourth-order valence-corrected chi connectivity index (χ4v) is 4.88. The Morgan fingerprint density at radius 1 is 1.06 bits per heavy atom. The molecule has 4 rings (SSSR count). The highest BCUT2D eigenvalue weighted by molar-refractivity contribution is 4.99. The maximum absolute atomic E-state index is 8.73. The Labute approximate surface area is 98.6 Å². The summed E-state index contributed by atoms with van der Waals surface area (Å²) < 4.78 is 0. The van der Waals surface area contributed by atoms with Crippen LogP contribution in [0, 0.1) is 40.9 Å². The Hall–Kier alpha value is -0.550. The molecule has 0 N–H and O–H groups in total. The summed E-state index contributed by atoms with van der Waals surface area (Å²) in [7, 11) is 2.11. The first-order chi connectivity index (χ1) is 7.76. The second-order valence-electron chi connectivity index (χ2n) is 6.45. The van der Waals surface area contributed by atoms with E-state index in [-0.39, 0.29) is 0 Å². The predicted molar refractivity (Wildman–Crippen MR) is 63.6 cm³/mol. The van der Waals surface area contributed by atoms with Gasteiger partial charge in [-0.2, -0.15) is 5.26 Å². The molecule has 2 nitrogen and oxygen atoms in total. The maximum Gasteiger partial charge on any atom is 0.0863 e. The molecule has 0 radical (unpaired) electrons. The summed E-state index contributed by atoms with van der Waals surface area (Å²) in [6, 6.07) is 2.27. The number of nitriles is 1. The summed E-state index contributed by atoms with van der Waals surface area (Å²) in [6.45, 7) is 1.77. The average Bonchev–Trinajstić information content (AvgIpc) is 2.23. The first kappa shape index (κ1) is 10.6. The smallest absolute Gasteiger partial charge is 0.0863 e. The van der Waals surface area contributed by atoms with Gasteiger partial charge in [-0.15, -0.1) is 0 Å². The van der Waals surface area contributed by atoms with Crippen LogP contribution in [0.25, 0.3) is 0 Å². The average molecular weight is 218 g/mol. The Kier molecular flexibility index (Phi) is 2.67. The van der Waals surface area contributed by atoms with Crippen LogP contribution in [0.3, 0.4) is 0 Å². The minimum absolute atomic E-state index is 0.600. The molecule has 0 atom stereocenters. The molecule has 0 aromatic heterocycles. The van der Waals surface area contributed by atoms with E-state index in [4.69, 9.17) is 5.26 Å². The van der Waals surface area contributed by atoms with Gasteiger partial charge < -0.3 is 0 Å². The molecule has 0 unspecified atom stereocenters. The summed E-state index contributed by atoms with van der Waals surface area (Å²) in [4.78, 5) is 2.23. The van der Waals surface area contributed by atoms with Crippen LogP contribution in [0.4, 0.5) is 0 Å². The number of hydrogen-bond donors (Lipinski definition) is 0. The SMILES string of the molecule is CN(CC#N)CC1C2CC3CC(C2)CC1C3. The second-order valence-corrected chi connectivity index (χ2v) is 6.45. The molecule has 2 heteroatoms. The fourth-order valence-electron chi connectivity index (χ4n) is 4.88. The van der Waals surface area contributed by atoms with Crippen molar-refractivity contribution in [1.29, 1.82) is 5.26 Å². The van der Waals surface area contributed by atoms with Gasteiger partial charge in [-0.1, -0.05) is 0 Å². The second kappa shape index (κ2) is 4.04. The molecule has 4 saturated carbocycles. The van der Waals surface area contributed by atoms with Crippen LogP contribution in [0.2, 0.25) is 0 Å². The summed E-state index contributed by atoms with van der Waals surface area (Å²) in [5.41, 5.74) is 0. The van der Waals surface area contributed by atoms with Crippen molar-refractivity contribution in [1.82, 2.24) is 4.90 Å². The molecule has 4 bridgehead atoms. The van der Waals surface area contributed by atoms with Crippen LogP contribution in [0.1, 0.15) is 32.1 Å². The van der Waals surface area contributed by atoms with Crippen LogP contribution in [-0.2, 0) is 0 Å². The molecule has 0 aromatic rings. The zero-order chi connectivity index (χ0) is 11.1. The molecule has 0 saturated heterocycles. The van der Waals surface area contributed by atoms with Gasteiger partial charge in [0.1, 0.15) is 0 Å². The number of rotatable bonds is 3. The van der Waals surface area contributed by atoms with Gasteiger partial charge in [0.05, 0.1) is 12.6 Å². The Morgan fingerprint density at radius 3 is 2.12 bits per heavy atom. The fraction of sp³-hybridized carbons (Fsp3) is 0.929. The van der Waals surface area contributed by atoms with Crippen LogP contribution < -0.4 is 0 Å². The standard InChI is InChI=1S/C14H22N2/c1-16(3-2-15)9-14-12-5-10-4-11(7-12)8-13(14)6-10/h10-14H,3-9H2,1H3. The molecule has 0 spiro atoms. The van der Waals surface area contributed by atoms with Gasteiger partial charge in [-0.25, -0.2) is 0 Å². The molecular weight excluding hydrogens is 196 g/mol. The lowest BCUT2D eigenvalue weighted by atomic mass is 9.52. The van der Waals surface area contributed by atoms with Crippen molar-refractivity contribution in [3.63, 3.8) is 0 Å². The third-order valence-electron chi connectivity index (χ3n) is 5.29. The number of nitrogens with zero attached hydrogens (tertiary/aromatic N) is 2. The molecule has 4 aliphatic rings. The van der Waals surface area contributed by atoms with Gasteiger partial charge in [-0.3, -0.25) is 4.90 Å². The molecule has 4 fully saturated rings. The molecule has 88 valence electrons. The van der Waals surface area contributed by atoms with Crippen molar-refractivity contribution < 1.29 is 0 Å². The van der Waals surface area contributed by atoms with E-state index in [1.807, 2.05) is 0 Å². The van der Waals surface area contributed by atoms with Crippen LogP contribution in [0.15, 0.2) is 0 Å². The normalized spacial score (nSPS) is 44.9. The lowest BCUT2D eigenvalue weighted by molar-refractivity contribution is -0.0456. The van der Waals surface area contributed by atoms with Crippen molar-refractivity contribution in [3.8, 4) is 6.07 Å². The van der Waals surface area contributed by atoms with E-state index in [0.29, 0.717) is 6.54 Å². The molecule has 4 aliphatic carbocycles. The Balaban J connectivity index is 1.66. The third-order valence-corrected chi connectivity index (χ3v) is 5.29. The van der Waals surface area contributed by atoms with E-state index in [2.05, 4.69) is 18.0 Å². The van der Waals surface area contributed by atoms with Gasteiger partial charge in [0.25, 0.3) is 0 Å². The molecule has 16 heavy (non-hydrogen) atoms. The van der Waals surface area contributed by atoms with Gasteiger partial charge in [0, 0.05) is 6.54 Å². The first-order valence-electron chi connectivity index (χ1n) is 6.81. The summed E-state index contributed by atoms with van der Waals surface area (Å²) in [6.07, 6.45) is 7.53. The van der Waals surface area contributed by atoms with Crippen molar-refractivity contribution in [2.45, 2.75) is 32.1 Å². The minimum atomic E-state index is 0.600. The minimum Gasteiger partial charge on any atom is -0.293 e. The maximum atomic E-state index is 8.73. The predicted octanol–water partition coefficient (Wildman–Crippen LogP) is 2.51. The molecular formula is C14H22N2. The Morgan fingerprint density at radius 2 is 1.62 bits per heavy atom. The first-order valence-corrected chi connectivity index (χ1v) is 6.81. The van der Waals surface area contributed by atoms with Gasteiger partial charge in [0.15, 0.2) is 0 Å². The summed E-state index contributed by atoms with van der Waals surface area (Å²) in [5, 5.41) is 8.73. The van der Waals surface area contributed by atoms with E-state index in [1.54, 1.807) is 0 Å². The zero-order valence-corrected chi connectivity index (χ0v) is 10.2. The van der Waals surface area contributed by atoms with Crippen molar-refractivity contribution >= 4 is 0 Å². The summed E-state index contributed by atoms with van der Waals surface area (Å²) >= 11 is 0. The van der Waals surface area contributed by atoms with E-state index in [1.165, 1.54) is 38.6 Å². The van der Waals surface area contributed by atoms with Crippen LogP contribution >= 0.6 is 0 Å². The zero-order valence-electron chi connectivity index (χ0n) is 10.2. The van der Waals surface area contributed by atoms with Gasteiger partial charge in [-0.05, 0) is 68.7 Å². The highest BCUT2D eigenvalue weighted by Crippen LogP contribution is 2.56. The van der Waals surface area contributed by atoms with Crippen LogP contribution in [-0.4, -0.2) is 25.0 Å². The van der Waals surface area contributed by atoms with E-state index in [9.17, 15) is 0 Å². The van der Waals surface area contributed by atoms with Crippen molar-refractivity contribution in [3.05, 3.63) is 0 Å². The third kappa shape index (κ3) is 1.76. The molecule has 0 aliphatic heterocycles. The van der Waals surface area contributed by atoms with Crippen molar-refractivity contribution in [2.24, 2.45) is 29.6 Å². The highest BCUT2D eigenvalue weighted by Gasteiger charge is 2.47. The number of hydrogen-bond acceptors (Lipinski definition) is 2. The van der Waals surface area contributed by atoms with Crippen molar-refractivity contribution in [2.75, 3.05) is 20.1 Å². The van der Waals surface area contributed by atoms with Gasteiger partial charge in [0.2, 0.25) is 0 Å². The van der Waals surface area contributed by atoms with E-state index >= 15 is 0 Å². The van der Waals surface area contributed by atoms with E-state index < -0.39 is 0 Å². The topological polar surface area (TPSA) is 27.0 Å².